The van der Waals surface area contributed by atoms with E-state index in [0.29, 0.717) is 16.9 Å². The van der Waals surface area contributed by atoms with Crippen LogP contribution in [0.5, 0.6) is 0 Å². The van der Waals surface area contributed by atoms with E-state index in [2.05, 4.69) is 24.1 Å². The van der Waals surface area contributed by atoms with Crippen LogP contribution in [0.1, 0.15) is 38.3 Å². The molecule has 0 aromatic heterocycles. The Morgan fingerprint density at radius 3 is 2.18 bits per heavy atom. The van der Waals surface area contributed by atoms with Gasteiger partial charge in [0.05, 0.1) is 4.90 Å². The van der Waals surface area contributed by atoms with Gasteiger partial charge in [-0.05, 0) is 36.5 Å². The standard InChI is InChI=1S/C17H28N2O2S/c1-14(2)4-9-17(19-12-10-18-11-13-19)15-5-7-16(8-6-15)22(3,20)21/h5-8,14,17-18H,4,9-13H2,1-3H3/t17-/m0/s1. The molecule has 5 heteroatoms. The van der Waals surface area contributed by atoms with Crippen LogP contribution in [0.3, 0.4) is 0 Å². The van der Waals surface area contributed by atoms with Gasteiger partial charge in [0.2, 0.25) is 0 Å². The van der Waals surface area contributed by atoms with Crippen LogP contribution in [0.4, 0.5) is 0 Å². The Morgan fingerprint density at radius 2 is 1.68 bits per heavy atom. The van der Waals surface area contributed by atoms with Gasteiger partial charge in [-0.3, -0.25) is 4.90 Å². The zero-order valence-corrected chi connectivity index (χ0v) is 14.7. The van der Waals surface area contributed by atoms with Gasteiger partial charge in [-0.15, -0.1) is 0 Å². The second-order valence-corrected chi connectivity index (χ2v) is 8.63. The molecule has 4 nitrogen and oxygen atoms in total. The van der Waals surface area contributed by atoms with Crippen LogP contribution in [-0.2, 0) is 9.84 Å². The van der Waals surface area contributed by atoms with Gasteiger partial charge in [-0.2, -0.15) is 0 Å². The molecule has 1 fully saturated rings. The molecule has 1 aromatic rings. The van der Waals surface area contributed by atoms with E-state index in [-0.39, 0.29) is 0 Å². The molecule has 124 valence electrons. The summed E-state index contributed by atoms with van der Waals surface area (Å²) in [6.07, 6.45) is 3.56. The van der Waals surface area contributed by atoms with Crippen LogP contribution in [0.2, 0.25) is 0 Å². The zero-order valence-electron chi connectivity index (χ0n) is 13.9. The van der Waals surface area contributed by atoms with Crippen molar-refractivity contribution in [2.24, 2.45) is 5.92 Å². The molecule has 1 heterocycles. The molecule has 1 N–H and O–H groups in total. The quantitative estimate of drug-likeness (QED) is 0.873. The van der Waals surface area contributed by atoms with Crippen molar-refractivity contribution in [2.45, 2.75) is 37.6 Å². The minimum absolute atomic E-state index is 0.387. The predicted octanol–water partition coefficient (Wildman–Crippen LogP) is 2.47. The van der Waals surface area contributed by atoms with Gasteiger partial charge in [0.25, 0.3) is 0 Å². The summed E-state index contributed by atoms with van der Waals surface area (Å²) in [4.78, 5) is 2.92. The van der Waals surface area contributed by atoms with E-state index in [4.69, 9.17) is 0 Å². The molecule has 1 aliphatic rings. The molecule has 22 heavy (non-hydrogen) atoms. The second kappa shape index (κ2) is 7.57. The summed E-state index contributed by atoms with van der Waals surface area (Å²) in [6, 6.07) is 7.86. The molecule has 0 amide bonds. The van der Waals surface area contributed by atoms with Crippen molar-refractivity contribution < 1.29 is 8.42 Å². The molecule has 0 saturated carbocycles. The second-order valence-electron chi connectivity index (χ2n) is 6.61. The van der Waals surface area contributed by atoms with E-state index in [9.17, 15) is 8.42 Å². The summed E-state index contributed by atoms with van der Waals surface area (Å²) in [5, 5.41) is 3.39. The fourth-order valence-electron chi connectivity index (χ4n) is 2.98. The molecule has 0 bridgehead atoms. The summed E-state index contributed by atoms with van der Waals surface area (Å²) in [6.45, 7) is 8.66. The number of nitrogens with one attached hydrogen (secondary N) is 1. The number of sulfone groups is 1. The molecule has 1 saturated heterocycles. The minimum Gasteiger partial charge on any atom is -0.314 e. The minimum atomic E-state index is -3.12. The molecule has 0 unspecified atom stereocenters. The van der Waals surface area contributed by atoms with E-state index >= 15 is 0 Å². The first-order valence-corrected chi connectivity index (χ1v) is 10.0. The molecule has 1 aliphatic heterocycles. The van der Waals surface area contributed by atoms with E-state index in [0.717, 1.165) is 32.6 Å². The number of benzene rings is 1. The van der Waals surface area contributed by atoms with Crippen LogP contribution in [0, 0.1) is 5.92 Å². The Hall–Kier alpha value is -0.910. The maximum atomic E-state index is 11.6. The maximum Gasteiger partial charge on any atom is 0.175 e. The molecule has 2 rings (SSSR count). The lowest BCUT2D eigenvalue weighted by atomic mass is 9.96. The summed E-state index contributed by atoms with van der Waals surface area (Å²) in [7, 11) is -3.12. The summed E-state index contributed by atoms with van der Waals surface area (Å²) in [5.74, 6) is 0.681. The molecule has 0 spiro atoms. The monoisotopic (exact) mass is 324 g/mol. The number of rotatable bonds is 6. The van der Waals surface area contributed by atoms with Crippen LogP contribution >= 0.6 is 0 Å². The third-order valence-corrected chi connectivity index (χ3v) is 5.43. The van der Waals surface area contributed by atoms with Gasteiger partial charge >= 0.3 is 0 Å². The van der Waals surface area contributed by atoms with Crippen molar-refractivity contribution in [1.29, 1.82) is 0 Å². The fourth-order valence-corrected chi connectivity index (χ4v) is 3.61. The van der Waals surface area contributed by atoms with Crippen molar-refractivity contribution in [3.8, 4) is 0 Å². The van der Waals surface area contributed by atoms with Crippen molar-refractivity contribution in [1.82, 2.24) is 10.2 Å². The number of nitrogens with zero attached hydrogens (tertiary/aromatic N) is 1. The van der Waals surface area contributed by atoms with Crippen molar-refractivity contribution in [3.05, 3.63) is 29.8 Å². The molecule has 1 aromatic carbocycles. The van der Waals surface area contributed by atoms with Gasteiger partial charge in [-0.25, -0.2) is 8.42 Å². The zero-order chi connectivity index (χ0) is 16.2. The van der Waals surface area contributed by atoms with Crippen molar-refractivity contribution >= 4 is 9.84 Å². The summed E-state index contributed by atoms with van der Waals surface area (Å²) in [5.41, 5.74) is 1.23. The molecular weight excluding hydrogens is 296 g/mol. The average Bonchev–Trinajstić information content (AvgIpc) is 2.48. The van der Waals surface area contributed by atoms with E-state index in [1.54, 1.807) is 12.1 Å². The third kappa shape index (κ3) is 4.80. The Balaban J connectivity index is 2.19. The van der Waals surface area contributed by atoms with E-state index in [1.165, 1.54) is 18.2 Å². The first kappa shape index (κ1) is 17.4. The Morgan fingerprint density at radius 1 is 1.09 bits per heavy atom. The van der Waals surface area contributed by atoms with Gasteiger partial charge in [0.1, 0.15) is 0 Å². The van der Waals surface area contributed by atoms with Crippen LogP contribution < -0.4 is 5.32 Å². The highest BCUT2D eigenvalue weighted by atomic mass is 32.2. The van der Waals surface area contributed by atoms with Crippen LogP contribution in [0.25, 0.3) is 0 Å². The smallest absolute Gasteiger partial charge is 0.175 e. The first-order valence-electron chi connectivity index (χ1n) is 8.12. The lowest BCUT2D eigenvalue weighted by molar-refractivity contribution is 0.160. The first-order chi connectivity index (χ1) is 10.4. The number of hydrogen-bond acceptors (Lipinski definition) is 4. The summed E-state index contributed by atoms with van der Waals surface area (Å²) >= 11 is 0. The lowest BCUT2D eigenvalue weighted by Crippen LogP contribution is -2.45. The van der Waals surface area contributed by atoms with Gasteiger partial charge in [-0.1, -0.05) is 26.0 Å². The fraction of sp³-hybridized carbons (Fsp3) is 0.647. The molecule has 1 atom stereocenters. The van der Waals surface area contributed by atoms with Crippen molar-refractivity contribution in [3.63, 3.8) is 0 Å². The lowest BCUT2D eigenvalue weighted by Gasteiger charge is -2.35. The number of piperazine rings is 1. The highest BCUT2D eigenvalue weighted by Crippen LogP contribution is 2.28. The average molecular weight is 324 g/mol. The highest BCUT2D eigenvalue weighted by molar-refractivity contribution is 7.90. The summed E-state index contributed by atoms with van der Waals surface area (Å²) < 4.78 is 23.2. The topological polar surface area (TPSA) is 49.4 Å². The Kier molecular flexibility index (Phi) is 6.01. The maximum absolute atomic E-state index is 11.6. The molecular formula is C17H28N2O2S. The third-order valence-electron chi connectivity index (χ3n) is 4.30. The highest BCUT2D eigenvalue weighted by Gasteiger charge is 2.22. The SMILES string of the molecule is CC(C)CC[C@@H](c1ccc(S(C)(=O)=O)cc1)N1CCNCC1. The largest absolute Gasteiger partial charge is 0.314 e. The van der Waals surface area contributed by atoms with E-state index < -0.39 is 9.84 Å². The van der Waals surface area contributed by atoms with Gasteiger partial charge in [0.15, 0.2) is 9.84 Å². The predicted molar refractivity (Wildman–Crippen MR) is 90.8 cm³/mol. The Bertz CT molecular complexity index is 561. The van der Waals surface area contributed by atoms with E-state index in [1.807, 2.05) is 12.1 Å². The molecule has 0 aliphatic carbocycles. The van der Waals surface area contributed by atoms with Crippen molar-refractivity contribution in [2.75, 3.05) is 32.4 Å². The Labute approximate surface area is 134 Å². The number of hydrogen-bond donors (Lipinski definition) is 1. The normalized spacial score (nSPS) is 18.5. The van der Waals surface area contributed by atoms with Gasteiger partial charge < -0.3 is 5.32 Å². The van der Waals surface area contributed by atoms with Gasteiger partial charge in [0, 0.05) is 38.5 Å². The van der Waals surface area contributed by atoms with Crippen LogP contribution in [0.15, 0.2) is 29.2 Å². The molecule has 0 radical (unpaired) electrons. The van der Waals surface area contributed by atoms with Crippen LogP contribution in [-0.4, -0.2) is 45.8 Å².